The quantitative estimate of drug-likeness (QED) is 0.731. The normalized spacial score (nSPS) is 16.4. The molecule has 3 rings (SSSR count). The molecule has 0 unspecified atom stereocenters. The molecule has 0 saturated heterocycles. The number of nitrogens with zero attached hydrogens (tertiary/aromatic N) is 1. The monoisotopic (exact) mass is 397 g/mol. The fourth-order valence-corrected chi connectivity index (χ4v) is 3.66. The fourth-order valence-electron chi connectivity index (χ4n) is 3.49. The second-order valence-corrected chi connectivity index (χ2v) is 7.24. The van der Waals surface area contributed by atoms with Crippen molar-refractivity contribution in [3.05, 3.63) is 75.2 Å². The number of benzene rings is 1. The fraction of sp³-hybridized carbons (Fsp3) is 0.273. The van der Waals surface area contributed by atoms with Crippen LogP contribution < -0.4 is 5.32 Å². The number of aliphatic imine (C=N–C) groups is 1. The highest BCUT2D eigenvalue weighted by atomic mass is 35.5. The lowest BCUT2D eigenvalue weighted by molar-refractivity contribution is -0.140. The molecule has 0 aliphatic carbocycles. The summed E-state index contributed by atoms with van der Waals surface area (Å²) in [4.78, 5) is 19.0. The second-order valence-electron chi connectivity index (χ2n) is 6.83. The van der Waals surface area contributed by atoms with Crippen molar-refractivity contribution < 1.29 is 9.53 Å². The first-order valence-electron chi connectivity index (χ1n) is 9.12. The Morgan fingerprint density at radius 1 is 1.14 bits per heavy atom. The number of esters is 1. The molecule has 0 fully saturated rings. The van der Waals surface area contributed by atoms with E-state index in [2.05, 4.69) is 52.9 Å². The van der Waals surface area contributed by atoms with Gasteiger partial charge in [-0.2, -0.15) is 0 Å². The van der Waals surface area contributed by atoms with E-state index in [1.807, 2.05) is 24.3 Å². The van der Waals surface area contributed by atoms with Crippen molar-refractivity contribution >= 4 is 29.0 Å². The zero-order chi connectivity index (χ0) is 20.3. The van der Waals surface area contributed by atoms with Crippen LogP contribution in [0.15, 0.2) is 47.1 Å². The van der Waals surface area contributed by atoms with Gasteiger partial charge in [-0.15, -0.1) is 0 Å². The zero-order valence-corrected chi connectivity index (χ0v) is 17.3. The highest BCUT2D eigenvalue weighted by molar-refractivity contribution is 6.29. The van der Waals surface area contributed by atoms with E-state index in [9.17, 15) is 4.79 Å². The molecule has 2 N–H and O–H groups in total. The van der Waals surface area contributed by atoms with Gasteiger partial charge in [0.1, 0.15) is 11.0 Å². The van der Waals surface area contributed by atoms with E-state index in [4.69, 9.17) is 11.6 Å². The maximum absolute atomic E-state index is 11.3. The molecular weight excluding hydrogens is 374 g/mol. The Labute approximate surface area is 170 Å². The molecule has 1 aliphatic rings. The third kappa shape index (κ3) is 4.37. The lowest BCUT2D eigenvalue weighted by Gasteiger charge is -2.17. The van der Waals surface area contributed by atoms with Crippen molar-refractivity contribution in [3.8, 4) is 0 Å². The Hall–Kier alpha value is -2.79. The maximum atomic E-state index is 11.3. The highest BCUT2D eigenvalue weighted by Gasteiger charge is 2.20. The Morgan fingerprint density at radius 3 is 2.46 bits per heavy atom. The molecule has 1 aliphatic heterocycles. The number of carbonyl (C=O) groups is 1. The molecule has 1 aromatic heterocycles. The number of halogens is 1. The number of amidine groups is 1. The van der Waals surface area contributed by atoms with Gasteiger partial charge in [0.15, 0.2) is 0 Å². The largest absolute Gasteiger partial charge is 0.469 e. The standard InChI is InChI=1S/C22H24ClN3O2/c1-13-11-14(2)21(15(3)12-13)22(16-5-7-18(23)25-16)17-6-8-19(26-17)24-10-9-20(27)28-4/h5-8,11-12,25H,9-10H2,1-4H3,(H,24,26)/b22-17+. The molecule has 0 radical (unpaired) electrons. The molecule has 2 aromatic rings. The summed E-state index contributed by atoms with van der Waals surface area (Å²) >= 11 is 6.16. The number of allylic oxidation sites excluding steroid dienone is 1. The first-order valence-corrected chi connectivity index (χ1v) is 9.50. The number of hydrogen-bond donors (Lipinski definition) is 2. The predicted octanol–water partition coefficient (Wildman–Crippen LogP) is 4.47. The van der Waals surface area contributed by atoms with Gasteiger partial charge in [0.2, 0.25) is 0 Å². The third-order valence-corrected chi connectivity index (χ3v) is 4.83. The van der Waals surface area contributed by atoms with E-state index in [-0.39, 0.29) is 12.4 Å². The van der Waals surface area contributed by atoms with Crippen molar-refractivity contribution in [1.82, 2.24) is 10.3 Å². The van der Waals surface area contributed by atoms with Gasteiger partial charge >= 0.3 is 5.97 Å². The first-order chi connectivity index (χ1) is 13.4. The summed E-state index contributed by atoms with van der Waals surface area (Å²) in [7, 11) is 1.38. The molecule has 5 nitrogen and oxygen atoms in total. The smallest absolute Gasteiger partial charge is 0.307 e. The summed E-state index contributed by atoms with van der Waals surface area (Å²) in [5.74, 6) is 0.450. The second kappa shape index (κ2) is 8.48. The van der Waals surface area contributed by atoms with E-state index >= 15 is 0 Å². The van der Waals surface area contributed by atoms with Crippen LogP contribution in [0, 0.1) is 20.8 Å². The van der Waals surface area contributed by atoms with E-state index < -0.39 is 0 Å². The van der Waals surface area contributed by atoms with Crippen LogP contribution in [-0.4, -0.2) is 30.4 Å². The summed E-state index contributed by atoms with van der Waals surface area (Å²) in [5, 5.41) is 3.95. The van der Waals surface area contributed by atoms with E-state index in [1.165, 1.54) is 23.8 Å². The van der Waals surface area contributed by atoms with Crippen LogP contribution in [0.25, 0.3) is 5.57 Å². The number of methoxy groups -OCH3 is 1. The Bertz CT molecular complexity index is 976. The van der Waals surface area contributed by atoms with Gasteiger partial charge in [-0.05, 0) is 61.7 Å². The molecule has 146 valence electrons. The summed E-state index contributed by atoms with van der Waals surface area (Å²) in [6, 6.07) is 8.18. The average Bonchev–Trinajstić information content (AvgIpc) is 3.27. The molecular formula is C22H24ClN3O2. The minimum atomic E-state index is -0.269. The van der Waals surface area contributed by atoms with Crippen LogP contribution in [0.3, 0.4) is 0 Å². The lowest BCUT2D eigenvalue weighted by atomic mass is 9.90. The molecule has 0 atom stereocenters. The van der Waals surface area contributed by atoms with Crippen LogP contribution >= 0.6 is 11.6 Å². The van der Waals surface area contributed by atoms with Crippen molar-refractivity contribution in [1.29, 1.82) is 0 Å². The average molecular weight is 398 g/mol. The van der Waals surface area contributed by atoms with E-state index in [0.29, 0.717) is 11.7 Å². The van der Waals surface area contributed by atoms with Gasteiger partial charge in [-0.3, -0.25) is 9.79 Å². The number of carbonyl (C=O) groups excluding carboxylic acids is 1. The number of aromatic amines is 1. The Morgan fingerprint density at radius 2 is 1.86 bits per heavy atom. The SMILES string of the molecule is COC(=O)CCN=C1C=C/C(=C(/c2ccc(Cl)[nH]2)c2c(C)cc(C)cc2C)N1. The van der Waals surface area contributed by atoms with Crippen LogP contribution in [0.5, 0.6) is 0 Å². The molecule has 2 heterocycles. The number of nitrogens with one attached hydrogen (secondary N) is 2. The molecule has 28 heavy (non-hydrogen) atoms. The van der Waals surface area contributed by atoms with Crippen molar-refractivity contribution in [2.24, 2.45) is 4.99 Å². The van der Waals surface area contributed by atoms with Crippen LogP contribution in [0.1, 0.15) is 34.4 Å². The maximum Gasteiger partial charge on any atom is 0.307 e. The van der Waals surface area contributed by atoms with E-state index in [1.54, 1.807) is 0 Å². The molecule has 6 heteroatoms. The summed E-state index contributed by atoms with van der Waals surface area (Å²) < 4.78 is 4.66. The van der Waals surface area contributed by atoms with Gasteiger partial charge < -0.3 is 15.0 Å². The number of rotatable bonds is 5. The molecule has 0 saturated carbocycles. The van der Waals surface area contributed by atoms with Crippen molar-refractivity contribution in [2.75, 3.05) is 13.7 Å². The van der Waals surface area contributed by atoms with Gasteiger partial charge in [-0.1, -0.05) is 29.3 Å². The first kappa shape index (κ1) is 20.0. The van der Waals surface area contributed by atoms with Gasteiger partial charge in [-0.25, -0.2) is 0 Å². The predicted molar refractivity (Wildman–Crippen MR) is 114 cm³/mol. The lowest BCUT2D eigenvalue weighted by Crippen LogP contribution is -2.17. The number of aromatic nitrogens is 1. The molecule has 0 spiro atoms. The third-order valence-electron chi connectivity index (χ3n) is 4.61. The molecule has 1 aromatic carbocycles. The summed E-state index contributed by atoms with van der Waals surface area (Å²) in [6.45, 7) is 6.70. The van der Waals surface area contributed by atoms with E-state index in [0.717, 1.165) is 28.4 Å². The molecule has 0 amide bonds. The number of hydrogen-bond acceptors (Lipinski definition) is 3. The summed E-state index contributed by atoms with van der Waals surface area (Å²) in [6.07, 6.45) is 4.17. The van der Waals surface area contributed by atoms with Gasteiger partial charge in [0.25, 0.3) is 0 Å². The zero-order valence-electron chi connectivity index (χ0n) is 16.5. The minimum absolute atomic E-state index is 0.254. The number of ether oxygens (including phenoxy) is 1. The molecule has 0 bridgehead atoms. The minimum Gasteiger partial charge on any atom is -0.469 e. The van der Waals surface area contributed by atoms with Gasteiger partial charge in [0, 0.05) is 17.0 Å². The van der Waals surface area contributed by atoms with Crippen LogP contribution in [0.4, 0.5) is 0 Å². The van der Waals surface area contributed by atoms with Gasteiger partial charge in [0.05, 0.1) is 20.1 Å². The Balaban J connectivity index is 2.01. The summed E-state index contributed by atoms with van der Waals surface area (Å²) in [5.41, 5.74) is 7.68. The number of aryl methyl sites for hydroxylation is 3. The highest BCUT2D eigenvalue weighted by Crippen LogP contribution is 2.33. The van der Waals surface area contributed by atoms with Crippen LogP contribution in [0.2, 0.25) is 5.15 Å². The number of H-pyrrole nitrogens is 1. The topological polar surface area (TPSA) is 66.5 Å². The van der Waals surface area contributed by atoms with Crippen molar-refractivity contribution in [2.45, 2.75) is 27.2 Å². The Kier molecular flexibility index (Phi) is 6.05. The van der Waals surface area contributed by atoms with Crippen LogP contribution in [-0.2, 0) is 9.53 Å². The van der Waals surface area contributed by atoms with Crippen molar-refractivity contribution in [3.63, 3.8) is 0 Å².